The molecule has 0 aliphatic heterocycles. The Labute approximate surface area is 103 Å². The van der Waals surface area contributed by atoms with E-state index in [4.69, 9.17) is 0 Å². The van der Waals surface area contributed by atoms with Crippen LogP contribution in [-0.4, -0.2) is 16.7 Å². The van der Waals surface area contributed by atoms with E-state index in [0.29, 0.717) is 13.1 Å². The van der Waals surface area contributed by atoms with E-state index < -0.39 is 0 Å². The van der Waals surface area contributed by atoms with Crippen molar-refractivity contribution in [2.75, 3.05) is 6.61 Å². The number of rotatable bonds is 2. The third-order valence-corrected chi connectivity index (χ3v) is 2.65. The van der Waals surface area contributed by atoms with Crippen LogP contribution in [-0.2, 0) is 9.53 Å². The van der Waals surface area contributed by atoms with Crippen molar-refractivity contribution in [3.05, 3.63) is 36.0 Å². The van der Waals surface area contributed by atoms with E-state index >= 15 is 0 Å². The van der Waals surface area contributed by atoms with E-state index in [1.165, 1.54) is 16.5 Å². The van der Waals surface area contributed by atoms with Crippen LogP contribution in [0.25, 0.3) is 10.9 Å². The zero-order valence-electron chi connectivity index (χ0n) is 9.31. The lowest BCUT2D eigenvalue weighted by Crippen LogP contribution is -1.80. The summed E-state index contributed by atoms with van der Waals surface area (Å²) < 4.78 is 6.11. The largest absolute Gasteiger partial charge is 0.468 e. The van der Waals surface area contributed by atoms with Crippen LogP contribution < -0.4 is 0 Å². The number of aromatic nitrogens is 1. The van der Waals surface area contributed by atoms with Crippen molar-refractivity contribution >= 4 is 33.5 Å². The molecule has 1 aromatic heterocycles. The molecule has 16 heavy (non-hydrogen) atoms. The molecule has 0 radical (unpaired) electrons. The molecular formula is C12H14BrNO2. The number of aryl methyl sites for hydroxylation is 1. The van der Waals surface area contributed by atoms with Gasteiger partial charge in [-0.25, -0.2) is 0 Å². The third-order valence-electron chi connectivity index (χ3n) is 2.04. The van der Waals surface area contributed by atoms with Crippen LogP contribution in [0, 0.1) is 6.92 Å². The zero-order chi connectivity index (χ0) is 12.0. The Morgan fingerprint density at radius 3 is 2.75 bits per heavy atom. The van der Waals surface area contributed by atoms with Gasteiger partial charge >= 0.3 is 0 Å². The van der Waals surface area contributed by atoms with Crippen molar-refractivity contribution in [3.63, 3.8) is 0 Å². The molecule has 86 valence electrons. The lowest BCUT2D eigenvalue weighted by atomic mass is 10.2. The molecule has 0 aliphatic rings. The van der Waals surface area contributed by atoms with E-state index in [1.54, 1.807) is 6.92 Å². The number of benzene rings is 1. The summed E-state index contributed by atoms with van der Waals surface area (Å²) in [6.07, 6.45) is 2.00. The van der Waals surface area contributed by atoms with Crippen molar-refractivity contribution in [1.82, 2.24) is 3.59 Å². The molecule has 0 amide bonds. The molecule has 0 N–H and O–H groups in total. The highest BCUT2D eigenvalue weighted by molar-refractivity contribution is 9.08. The van der Waals surface area contributed by atoms with Crippen molar-refractivity contribution < 1.29 is 9.53 Å². The Hall–Kier alpha value is -1.29. The maximum absolute atomic E-state index is 9.18. The Morgan fingerprint density at radius 1 is 1.44 bits per heavy atom. The highest BCUT2D eigenvalue weighted by Gasteiger charge is 1.96. The molecule has 0 aliphatic carbocycles. The number of hydrogen-bond donors (Lipinski definition) is 0. The topological polar surface area (TPSA) is 31.2 Å². The molecule has 0 bridgehead atoms. The summed E-state index contributed by atoms with van der Waals surface area (Å²) >= 11 is 3.42. The molecule has 0 unspecified atom stereocenters. The van der Waals surface area contributed by atoms with Crippen LogP contribution >= 0.6 is 16.1 Å². The molecule has 2 aromatic rings. The second kappa shape index (κ2) is 6.33. The van der Waals surface area contributed by atoms with Gasteiger partial charge in [0.05, 0.1) is 28.3 Å². The molecule has 0 spiro atoms. The molecule has 2 rings (SSSR count). The normalized spacial score (nSPS) is 9.44. The quantitative estimate of drug-likeness (QED) is 0.792. The van der Waals surface area contributed by atoms with Gasteiger partial charge in [0.25, 0.3) is 6.47 Å². The fraction of sp³-hybridized carbons (Fsp3) is 0.250. The molecule has 3 nitrogen and oxygen atoms in total. The summed E-state index contributed by atoms with van der Waals surface area (Å²) in [6, 6.07) is 8.49. The summed E-state index contributed by atoms with van der Waals surface area (Å²) in [5.74, 6) is 0. The Balaban J connectivity index is 0.000000221. The van der Waals surface area contributed by atoms with Crippen LogP contribution in [0.5, 0.6) is 0 Å². The molecule has 0 saturated heterocycles. The number of carbonyl (C=O) groups is 1. The third kappa shape index (κ3) is 3.38. The summed E-state index contributed by atoms with van der Waals surface area (Å²) in [7, 11) is 0. The van der Waals surface area contributed by atoms with Gasteiger partial charge in [-0.05, 0) is 31.5 Å². The van der Waals surface area contributed by atoms with Crippen molar-refractivity contribution in [2.45, 2.75) is 13.8 Å². The van der Waals surface area contributed by atoms with Crippen LogP contribution in [0.4, 0.5) is 0 Å². The molecule has 1 aromatic carbocycles. The van der Waals surface area contributed by atoms with E-state index in [1.807, 2.05) is 9.79 Å². The van der Waals surface area contributed by atoms with Crippen LogP contribution in [0.1, 0.15) is 12.5 Å². The van der Waals surface area contributed by atoms with Crippen molar-refractivity contribution in [2.24, 2.45) is 0 Å². The van der Waals surface area contributed by atoms with Gasteiger partial charge in [-0.3, -0.25) is 8.39 Å². The first-order valence-corrected chi connectivity index (χ1v) is 5.69. The SMILES string of the molecule is CCOC=O.Cc1ccc2ccn(Br)c2c1. The number of ether oxygens (including phenoxy) is 1. The summed E-state index contributed by atoms with van der Waals surface area (Å²) in [6.45, 7) is 4.76. The first kappa shape index (κ1) is 12.8. The minimum Gasteiger partial charge on any atom is -0.468 e. The Bertz CT molecular complexity index is 465. The lowest BCUT2D eigenvalue weighted by Gasteiger charge is -1.94. The van der Waals surface area contributed by atoms with E-state index in [0.717, 1.165) is 0 Å². The Morgan fingerprint density at radius 2 is 2.19 bits per heavy atom. The fourth-order valence-electron chi connectivity index (χ4n) is 1.27. The first-order chi connectivity index (χ1) is 7.69. The van der Waals surface area contributed by atoms with Gasteiger partial charge in [0.15, 0.2) is 0 Å². The molecule has 1 heterocycles. The van der Waals surface area contributed by atoms with Crippen LogP contribution in [0.15, 0.2) is 30.5 Å². The van der Waals surface area contributed by atoms with Gasteiger partial charge < -0.3 is 4.74 Å². The lowest BCUT2D eigenvalue weighted by molar-refractivity contribution is -0.128. The maximum Gasteiger partial charge on any atom is 0.293 e. The van der Waals surface area contributed by atoms with Crippen molar-refractivity contribution in [3.8, 4) is 0 Å². The molecular weight excluding hydrogens is 270 g/mol. The number of nitrogens with zero attached hydrogens (tertiary/aromatic N) is 1. The van der Waals surface area contributed by atoms with Gasteiger partial charge in [-0.1, -0.05) is 12.1 Å². The highest BCUT2D eigenvalue weighted by atomic mass is 79.9. The number of carbonyl (C=O) groups excluding carboxylic acids is 1. The summed E-state index contributed by atoms with van der Waals surface area (Å²) in [5, 5.41) is 1.27. The summed E-state index contributed by atoms with van der Waals surface area (Å²) in [4.78, 5) is 9.18. The van der Waals surface area contributed by atoms with E-state index in [-0.39, 0.29) is 0 Å². The fourth-order valence-corrected chi connectivity index (χ4v) is 1.70. The smallest absolute Gasteiger partial charge is 0.293 e. The predicted molar refractivity (Wildman–Crippen MR) is 68.7 cm³/mol. The molecule has 4 heteroatoms. The van der Waals surface area contributed by atoms with Crippen LogP contribution in [0.2, 0.25) is 0 Å². The molecule has 0 saturated carbocycles. The predicted octanol–water partition coefficient (Wildman–Crippen LogP) is 3.29. The summed E-state index contributed by atoms with van der Waals surface area (Å²) in [5.41, 5.74) is 2.52. The van der Waals surface area contributed by atoms with Gasteiger partial charge in [-0.2, -0.15) is 0 Å². The van der Waals surface area contributed by atoms with Gasteiger partial charge in [-0.15, -0.1) is 0 Å². The Kier molecular flexibility index (Phi) is 5.05. The molecule has 0 fully saturated rings. The van der Waals surface area contributed by atoms with Crippen molar-refractivity contribution in [1.29, 1.82) is 0 Å². The average molecular weight is 284 g/mol. The minimum atomic E-state index is 0.431. The minimum absolute atomic E-state index is 0.431. The monoisotopic (exact) mass is 283 g/mol. The second-order valence-electron chi connectivity index (χ2n) is 3.24. The van der Waals surface area contributed by atoms with Gasteiger partial charge in [0.2, 0.25) is 0 Å². The standard InChI is InChI=1S/C9H8BrN.C3H6O2/c1-7-2-3-8-4-5-11(10)9(8)6-7;1-2-5-3-4/h2-6H,1H3;3H,2H2,1H3. The second-order valence-corrected chi connectivity index (χ2v) is 4.00. The average Bonchev–Trinajstić information content (AvgIpc) is 2.63. The maximum atomic E-state index is 9.18. The first-order valence-electron chi connectivity index (χ1n) is 4.98. The van der Waals surface area contributed by atoms with Crippen LogP contribution in [0.3, 0.4) is 0 Å². The number of halogens is 1. The molecule has 0 atom stereocenters. The van der Waals surface area contributed by atoms with Gasteiger partial charge in [0, 0.05) is 11.6 Å². The number of fused-ring (bicyclic) bond motifs is 1. The van der Waals surface area contributed by atoms with E-state index in [9.17, 15) is 4.79 Å². The highest BCUT2D eigenvalue weighted by Crippen LogP contribution is 2.18. The zero-order valence-corrected chi connectivity index (χ0v) is 10.9. The van der Waals surface area contributed by atoms with Gasteiger partial charge in [0.1, 0.15) is 0 Å². The number of hydrogen-bond acceptors (Lipinski definition) is 2. The van der Waals surface area contributed by atoms with E-state index in [2.05, 4.69) is 52.1 Å².